The number of hydrogen-bond acceptors (Lipinski definition) is 3. The van der Waals surface area contributed by atoms with E-state index in [1.54, 1.807) is 0 Å². The molecule has 0 bridgehead atoms. The van der Waals surface area contributed by atoms with Gasteiger partial charge in [-0.25, -0.2) is 0 Å². The van der Waals surface area contributed by atoms with Crippen molar-refractivity contribution in [1.82, 2.24) is 15.1 Å². The molecule has 0 aromatic carbocycles. The Balaban J connectivity index is 1.67. The van der Waals surface area contributed by atoms with E-state index in [-0.39, 0.29) is 0 Å². The molecule has 2 fully saturated rings. The lowest BCUT2D eigenvalue weighted by Crippen LogP contribution is -2.53. The predicted octanol–water partition coefficient (Wildman–Crippen LogP) is 1.54. The minimum absolute atomic E-state index is 0.763. The normalized spacial score (nSPS) is 30.4. The molecule has 3 nitrogen and oxygen atoms in total. The number of nitrogens with zero attached hydrogens (tertiary/aromatic N) is 2. The summed E-state index contributed by atoms with van der Waals surface area (Å²) >= 11 is 0. The van der Waals surface area contributed by atoms with Gasteiger partial charge in [-0.1, -0.05) is 13.3 Å². The molecule has 2 heterocycles. The molecule has 17 heavy (non-hydrogen) atoms. The van der Waals surface area contributed by atoms with Crippen LogP contribution < -0.4 is 5.32 Å². The maximum Gasteiger partial charge on any atom is 0.0195 e. The first-order valence-corrected chi connectivity index (χ1v) is 7.49. The van der Waals surface area contributed by atoms with Gasteiger partial charge in [-0.3, -0.25) is 9.80 Å². The topological polar surface area (TPSA) is 18.5 Å². The lowest BCUT2D eigenvalue weighted by atomic mass is 10.0. The number of piperidine rings is 1. The summed E-state index contributed by atoms with van der Waals surface area (Å²) in [5.74, 6) is 0. The molecule has 2 aliphatic rings. The maximum atomic E-state index is 3.66. The van der Waals surface area contributed by atoms with Crippen LogP contribution in [0, 0.1) is 0 Å². The van der Waals surface area contributed by atoms with Crippen molar-refractivity contribution >= 4 is 0 Å². The molecule has 0 spiro atoms. The van der Waals surface area contributed by atoms with Gasteiger partial charge < -0.3 is 5.32 Å². The second-order valence-corrected chi connectivity index (χ2v) is 5.74. The highest BCUT2D eigenvalue weighted by Crippen LogP contribution is 2.12. The molecule has 2 unspecified atom stereocenters. The number of piperazine rings is 1. The van der Waals surface area contributed by atoms with E-state index in [9.17, 15) is 0 Å². The molecule has 3 heteroatoms. The summed E-state index contributed by atoms with van der Waals surface area (Å²) in [6, 6.07) is 1.53. The van der Waals surface area contributed by atoms with Gasteiger partial charge in [0, 0.05) is 44.8 Å². The second kappa shape index (κ2) is 6.72. The summed E-state index contributed by atoms with van der Waals surface area (Å²) in [4.78, 5) is 5.30. The van der Waals surface area contributed by atoms with Gasteiger partial charge in [-0.2, -0.15) is 0 Å². The number of rotatable bonds is 4. The van der Waals surface area contributed by atoms with E-state index in [1.165, 1.54) is 65.0 Å². The van der Waals surface area contributed by atoms with Gasteiger partial charge >= 0.3 is 0 Å². The molecule has 100 valence electrons. The zero-order valence-electron chi connectivity index (χ0n) is 11.6. The minimum atomic E-state index is 0.763. The van der Waals surface area contributed by atoms with Crippen molar-refractivity contribution in [2.45, 2.75) is 51.6 Å². The molecule has 0 radical (unpaired) electrons. The molecule has 0 saturated carbocycles. The standard InChI is InChI=1S/C14H29N3/c1-3-13(2)17-10-8-16(9-11-17)12-14-6-4-5-7-15-14/h13-15H,3-12H2,1-2H3. The molecule has 0 amide bonds. The van der Waals surface area contributed by atoms with E-state index in [2.05, 4.69) is 29.0 Å². The SMILES string of the molecule is CCC(C)N1CCN(CC2CCCCN2)CC1. The molecule has 0 aromatic heterocycles. The van der Waals surface area contributed by atoms with Crippen LogP contribution in [0.1, 0.15) is 39.5 Å². The van der Waals surface area contributed by atoms with Crippen LogP contribution in [-0.4, -0.2) is 61.2 Å². The zero-order chi connectivity index (χ0) is 12.1. The smallest absolute Gasteiger partial charge is 0.0195 e. The van der Waals surface area contributed by atoms with Gasteiger partial charge in [-0.05, 0) is 32.7 Å². The fraction of sp³-hybridized carbons (Fsp3) is 1.00. The van der Waals surface area contributed by atoms with Gasteiger partial charge in [0.05, 0.1) is 0 Å². The molecule has 2 aliphatic heterocycles. The van der Waals surface area contributed by atoms with Crippen molar-refractivity contribution < 1.29 is 0 Å². The molecular formula is C14H29N3. The van der Waals surface area contributed by atoms with Crippen molar-refractivity contribution in [2.75, 3.05) is 39.3 Å². The van der Waals surface area contributed by atoms with E-state index in [0.717, 1.165) is 12.1 Å². The van der Waals surface area contributed by atoms with Gasteiger partial charge in [0.2, 0.25) is 0 Å². The molecule has 1 N–H and O–H groups in total. The van der Waals surface area contributed by atoms with Crippen LogP contribution in [-0.2, 0) is 0 Å². The third-order valence-electron chi connectivity index (χ3n) is 4.51. The average Bonchev–Trinajstić information content (AvgIpc) is 2.40. The monoisotopic (exact) mass is 239 g/mol. The van der Waals surface area contributed by atoms with Crippen LogP contribution in [0.25, 0.3) is 0 Å². The fourth-order valence-electron chi connectivity index (χ4n) is 3.04. The van der Waals surface area contributed by atoms with Gasteiger partial charge in [0.1, 0.15) is 0 Å². The van der Waals surface area contributed by atoms with Crippen LogP contribution >= 0.6 is 0 Å². The summed E-state index contributed by atoms with van der Waals surface area (Å²) in [5, 5.41) is 3.66. The Morgan fingerprint density at radius 1 is 1.18 bits per heavy atom. The van der Waals surface area contributed by atoms with Crippen LogP contribution in [0.3, 0.4) is 0 Å². The first-order chi connectivity index (χ1) is 8.29. The first kappa shape index (κ1) is 13.3. The largest absolute Gasteiger partial charge is 0.313 e. The lowest BCUT2D eigenvalue weighted by Gasteiger charge is -2.39. The van der Waals surface area contributed by atoms with Crippen molar-refractivity contribution in [2.24, 2.45) is 0 Å². The van der Waals surface area contributed by atoms with E-state index >= 15 is 0 Å². The number of hydrogen-bond donors (Lipinski definition) is 1. The number of nitrogens with one attached hydrogen (secondary N) is 1. The summed E-state index contributed by atoms with van der Waals surface area (Å²) in [7, 11) is 0. The van der Waals surface area contributed by atoms with Gasteiger partial charge in [0.15, 0.2) is 0 Å². The summed E-state index contributed by atoms with van der Waals surface area (Å²) in [6.07, 6.45) is 5.46. The van der Waals surface area contributed by atoms with Gasteiger partial charge in [-0.15, -0.1) is 0 Å². The summed E-state index contributed by atoms with van der Waals surface area (Å²) in [5.41, 5.74) is 0. The lowest BCUT2D eigenvalue weighted by molar-refractivity contribution is 0.0913. The third-order valence-corrected chi connectivity index (χ3v) is 4.51. The highest BCUT2D eigenvalue weighted by molar-refractivity contribution is 4.81. The van der Waals surface area contributed by atoms with Crippen LogP contribution in [0.15, 0.2) is 0 Å². The summed E-state index contributed by atoms with van der Waals surface area (Å²) in [6.45, 7) is 12.2. The first-order valence-electron chi connectivity index (χ1n) is 7.49. The predicted molar refractivity (Wildman–Crippen MR) is 73.4 cm³/mol. The Bertz CT molecular complexity index is 206. The van der Waals surface area contributed by atoms with E-state index < -0.39 is 0 Å². The molecule has 2 saturated heterocycles. The van der Waals surface area contributed by atoms with E-state index in [1.807, 2.05) is 0 Å². The quantitative estimate of drug-likeness (QED) is 0.803. The molecular weight excluding hydrogens is 210 g/mol. The Morgan fingerprint density at radius 2 is 1.94 bits per heavy atom. The third kappa shape index (κ3) is 3.94. The second-order valence-electron chi connectivity index (χ2n) is 5.74. The highest BCUT2D eigenvalue weighted by atomic mass is 15.3. The van der Waals surface area contributed by atoms with E-state index in [0.29, 0.717) is 0 Å². The Hall–Kier alpha value is -0.120. The Kier molecular flexibility index (Phi) is 5.26. The van der Waals surface area contributed by atoms with E-state index in [4.69, 9.17) is 0 Å². The van der Waals surface area contributed by atoms with Crippen molar-refractivity contribution in [3.63, 3.8) is 0 Å². The van der Waals surface area contributed by atoms with Crippen molar-refractivity contribution in [1.29, 1.82) is 0 Å². The minimum Gasteiger partial charge on any atom is -0.313 e. The summed E-state index contributed by atoms with van der Waals surface area (Å²) < 4.78 is 0. The fourth-order valence-corrected chi connectivity index (χ4v) is 3.04. The molecule has 2 atom stereocenters. The molecule has 2 rings (SSSR count). The zero-order valence-corrected chi connectivity index (χ0v) is 11.6. The average molecular weight is 239 g/mol. The molecule has 0 aromatic rings. The molecule has 0 aliphatic carbocycles. The van der Waals surface area contributed by atoms with Crippen LogP contribution in [0.4, 0.5) is 0 Å². The van der Waals surface area contributed by atoms with Gasteiger partial charge in [0.25, 0.3) is 0 Å². The van der Waals surface area contributed by atoms with Crippen molar-refractivity contribution in [3.8, 4) is 0 Å². The maximum absolute atomic E-state index is 3.66. The van der Waals surface area contributed by atoms with Crippen molar-refractivity contribution in [3.05, 3.63) is 0 Å². The van der Waals surface area contributed by atoms with Crippen LogP contribution in [0.2, 0.25) is 0 Å². The highest BCUT2D eigenvalue weighted by Gasteiger charge is 2.22. The van der Waals surface area contributed by atoms with Crippen LogP contribution in [0.5, 0.6) is 0 Å². The Labute approximate surface area is 107 Å². The Morgan fingerprint density at radius 3 is 2.53 bits per heavy atom.